The standard InChI is InChI=1S/C18H25N3O3S/c1-6-21-14(4)18(13(3)20-21)12(2)19-17(22)11-15-7-9-16(10-8-15)25(5,23)24/h7-10,12H,6,11H2,1-5H3,(H,19,22)/t12-/m0/s1. The molecule has 7 heteroatoms. The number of sulfone groups is 1. The van der Waals surface area contributed by atoms with Crippen molar-refractivity contribution in [1.29, 1.82) is 0 Å². The number of nitrogens with one attached hydrogen (secondary N) is 1. The second-order valence-electron chi connectivity index (χ2n) is 6.28. The highest BCUT2D eigenvalue weighted by atomic mass is 32.2. The molecule has 0 aliphatic rings. The summed E-state index contributed by atoms with van der Waals surface area (Å²) in [5, 5.41) is 7.48. The molecule has 1 amide bonds. The number of hydrogen-bond donors (Lipinski definition) is 1. The first-order valence-electron chi connectivity index (χ1n) is 8.25. The molecule has 0 bridgehead atoms. The molecule has 1 aromatic heterocycles. The van der Waals surface area contributed by atoms with Crippen LogP contribution in [0, 0.1) is 13.8 Å². The second kappa shape index (κ2) is 7.39. The first kappa shape index (κ1) is 19.2. The first-order valence-corrected chi connectivity index (χ1v) is 10.1. The number of rotatable bonds is 6. The fourth-order valence-corrected chi connectivity index (χ4v) is 3.68. The molecule has 1 atom stereocenters. The van der Waals surface area contributed by atoms with Gasteiger partial charge < -0.3 is 5.32 Å². The predicted molar refractivity (Wildman–Crippen MR) is 97.2 cm³/mol. The highest BCUT2D eigenvalue weighted by Crippen LogP contribution is 2.21. The van der Waals surface area contributed by atoms with Crippen molar-refractivity contribution < 1.29 is 13.2 Å². The van der Waals surface area contributed by atoms with Crippen molar-refractivity contribution >= 4 is 15.7 Å². The molecule has 0 saturated carbocycles. The third kappa shape index (κ3) is 4.48. The molecule has 2 aromatic rings. The van der Waals surface area contributed by atoms with E-state index in [1.807, 2.05) is 32.4 Å². The molecule has 0 aliphatic heterocycles. The maximum atomic E-state index is 12.3. The maximum absolute atomic E-state index is 12.3. The summed E-state index contributed by atoms with van der Waals surface area (Å²) in [7, 11) is -3.22. The highest BCUT2D eigenvalue weighted by Gasteiger charge is 2.19. The summed E-state index contributed by atoms with van der Waals surface area (Å²) in [6.45, 7) is 8.72. The monoisotopic (exact) mass is 363 g/mol. The van der Waals surface area contributed by atoms with Crippen LogP contribution in [0.2, 0.25) is 0 Å². The van der Waals surface area contributed by atoms with Gasteiger partial charge >= 0.3 is 0 Å². The molecule has 1 N–H and O–H groups in total. The molecular weight excluding hydrogens is 338 g/mol. The van der Waals surface area contributed by atoms with E-state index in [0.717, 1.165) is 35.3 Å². The van der Waals surface area contributed by atoms with Crippen molar-refractivity contribution in [2.45, 2.75) is 51.6 Å². The van der Waals surface area contributed by atoms with Gasteiger partial charge in [0.25, 0.3) is 0 Å². The summed E-state index contributed by atoms with van der Waals surface area (Å²) in [5.41, 5.74) is 3.80. The first-order chi connectivity index (χ1) is 11.6. The number of nitrogens with zero attached hydrogens (tertiary/aromatic N) is 2. The Morgan fingerprint density at radius 1 is 1.24 bits per heavy atom. The van der Waals surface area contributed by atoms with Crippen LogP contribution in [0.5, 0.6) is 0 Å². The molecule has 0 unspecified atom stereocenters. The molecule has 0 radical (unpaired) electrons. The van der Waals surface area contributed by atoms with Crippen molar-refractivity contribution in [3.63, 3.8) is 0 Å². The van der Waals surface area contributed by atoms with Crippen LogP contribution in [-0.4, -0.2) is 30.4 Å². The molecule has 0 spiro atoms. The van der Waals surface area contributed by atoms with Crippen LogP contribution in [0.15, 0.2) is 29.2 Å². The van der Waals surface area contributed by atoms with Gasteiger partial charge in [-0.3, -0.25) is 9.48 Å². The van der Waals surface area contributed by atoms with Crippen molar-refractivity contribution in [3.8, 4) is 0 Å². The normalized spacial score (nSPS) is 12.8. The molecule has 2 rings (SSSR count). The number of aromatic nitrogens is 2. The highest BCUT2D eigenvalue weighted by molar-refractivity contribution is 7.90. The van der Waals surface area contributed by atoms with Crippen molar-refractivity contribution in [2.75, 3.05) is 6.26 Å². The van der Waals surface area contributed by atoms with Gasteiger partial charge in [-0.2, -0.15) is 5.10 Å². The lowest BCUT2D eigenvalue weighted by Crippen LogP contribution is -2.28. The SMILES string of the molecule is CCn1nc(C)c([C@H](C)NC(=O)Cc2ccc(S(C)(=O)=O)cc2)c1C. The summed E-state index contributed by atoms with van der Waals surface area (Å²) in [4.78, 5) is 12.6. The molecule has 25 heavy (non-hydrogen) atoms. The van der Waals surface area contributed by atoms with Gasteiger partial charge in [-0.1, -0.05) is 12.1 Å². The lowest BCUT2D eigenvalue weighted by Gasteiger charge is -2.15. The Labute approximate surface area is 149 Å². The van der Waals surface area contributed by atoms with Crippen molar-refractivity contribution in [3.05, 3.63) is 46.8 Å². The predicted octanol–water partition coefficient (Wildman–Crippen LogP) is 2.34. The minimum atomic E-state index is -3.22. The molecule has 136 valence electrons. The van der Waals surface area contributed by atoms with Crippen LogP contribution in [0.1, 0.15) is 42.4 Å². The summed E-state index contributed by atoms with van der Waals surface area (Å²) in [5.74, 6) is -0.109. The number of aryl methyl sites for hydroxylation is 2. The number of benzene rings is 1. The lowest BCUT2D eigenvalue weighted by molar-refractivity contribution is -0.121. The summed E-state index contributed by atoms with van der Waals surface area (Å²) in [6.07, 6.45) is 1.37. The van der Waals surface area contributed by atoms with E-state index in [2.05, 4.69) is 10.4 Å². The topological polar surface area (TPSA) is 81.1 Å². The zero-order valence-electron chi connectivity index (χ0n) is 15.3. The number of amides is 1. The summed E-state index contributed by atoms with van der Waals surface area (Å²) >= 11 is 0. The fourth-order valence-electron chi connectivity index (χ4n) is 3.05. The largest absolute Gasteiger partial charge is 0.349 e. The Bertz CT molecular complexity index is 868. The van der Waals surface area contributed by atoms with Gasteiger partial charge in [0, 0.05) is 24.1 Å². The van der Waals surface area contributed by atoms with Crippen molar-refractivity contribution in [1.82, 2.24) is 15.1 Å². The van der Waals surface area contributed by atoms with Crippen LogP contribution in [-0.2, 0) is 27.6 Å². The molecular formula is C18H25N3O3S. The maximum Gasteiger partial charge on any atom is 0.224 e. The van der Waals surface area contributed by atoms with Gasteiger partial charge in [0.05, 0.1) is 23.1 Å². The summed E-state index contributed by atoms with van der Waals surface area (Å²) in [6, 6.07) is 6.27. The minimum absolute atomic E-state index is 0.109. The van der Waals surface area contributed by atoms with E-state index in [1.165, 1.54) is 12.1 Å². The van der Waals surface area contributed by atoms with E-state index >= 15 is 0 Å². The number of carbonyl (C=O) groups excluding carboxylic acids is 1. The van der Waals surface area contributed by atoms with Gasteiger partial charge in [-0.15, -0.1) is 0 Å². The summed E-state index contributed by atoms with van der Waals surface area (Å²) < 4.78 is 24.9. The zero-order valence-corrected chi connectivity index (χ0v) is 16.1. The Hall–Kier alpha value is -2.15. The van der Waals surface area contributed by atoms with Gasteiger partial charge in [-0.25, -0.2) is 8.42 Å². The van der Waals surface area contributed by atoms with Gasteiger partial charge in [0.1, 0.15) is 0 Å². The van der Waals surface area contributed by atoms with Gasteiger partial charge in [-0.05, 0) is 45.4 Å². The van der Waals surface area contributed by atoms with Gasteiger partial charge in [0.2, 0.25) is 5.91 Å². The molecule has 0 fully saturated rings. The van der Waals surface area contributed by atoms with Crippen LogP contribution >= 0.6 is 0 Å². The Morgan fingerprint density at radius 2 is 1.84 bits per heavy atom. The van der Waals surface area contributed by atoms with E-state index in [1.54, 1.807) is 12.1 Å². The third-order valence-corrected chi connectivity index (χ3v) is 5.39. The quantitative estimate of drug-likeness (QED) is 0.854. The third-order valence-electron chi connectivity index (χ3n) is 4.26. The average Bonchev–Trinajstić information content (AvgIpc) is 2.80. The molecule has 0 saturated heterocycles. The van der Waals surface area contributed by atoms with E-state index in [4.69, 9.17) is 0 Å². The Balaban J connectivity index is 2.06. The number of carbonyl (C=O) groups is 1. The van der Waals surface area contributed by atoms with Crippen molar-refractivity contribution in [2.24, 2.45) is 0 Å². The van der Waals surface area contributed by atoms with Crippen LogP contribution < -0.4 is 5.32 Å². The molecule has 1 aromatic carbocycles. The molecule has 6 nitrogen and oxygen atoms in total. The molecule has 0 aliphatic carbocycles. The smallest absolute Gasteiger partial charge is 0.224 e. The zero-order chi connectivity index (χ0) is 18.8. The minimum Gasteiger partial charge on any atom is -0.349 e. The van der Waals surface area contributed by atoms with E-state index in [9.17, 15) is 13.2 Å². The van der Waals surface area contributed by atoms with Crippen LogP contribution in [0.4, 0.5) is 0 Å². The van der Waals surface area contributed by atoms with Crippen LogP contribution in [0.25, 0.3) is 0 Å². The number of hydrogen-bond acceptors (Lipinski definition) is 4. The second-order valence-corrected chi connectivity index (χ2v) is 8.30. The van der Waals surface area contributed by atoms with E-state index in [-0.39, 0.29) is 23.3 Å². The lowest BCUT2D eigenvalue weighted by atomic mass is 10.1. The Morgan fingerprint density at radius 3 is 2.32 bits per heavy atom. The Kier molecular flexibility index (Phi) is 5.67. The fraction of sp³-hybridized carbons (Fsp3) is 0.444. The van der Waals surface area contributed by atoms with Gasteiger partial charge in [0.15, 0.2) is 9.84 Å². The molecule has 1 heterocycles. The van der Waals surface area contributed by atoms with Crippen LogP contribution in [0.3, 0.4) is 0 Å². The van der Waals surface area contributed by atoms with E-state index < -0.39 is 9.84 Å². The van der Waals surface area contributed by atoms with E-state index in [0.29, 0.717) is 0 Å². The average molecular weight is 363 g/mol.